The van der Waals surface area contributed by atoms with Gasteiger partial charge in [0.2, 0.25) is 0 Å². The molecule has 4 rings (SSSR count). The minimum Gasteiger partial charge on any atom is -0.445 e. The van der Waals surface area contributed by atoms with E-state index in [-0.39, 0.29) is 36.6 Å². The predicted molar refractivity (Wildman–Crippen MR) is 181 cm³/mol. The Bertz CT molecular complexity index is 1510. The Morgan fingerprint density at radius 2 is 1.54 bits per heavy atom. The van der Waals surface area contributed by atoms with Crippen LogP contribution >= 0.6 is 0 Å². The highest BCUT2D eigenvalue weighted by molar-refractivity contribution is 5.68. The van der Waals surface area contributed by atoms with Gasteiger partial charge in [0.1, 0.15) is 23.8 Å². The fourth-order valence-corrected chi connectivity index (χ4v) is 5.90. The lowest BCUT2D eigenvalue weighted by Crippen LogP contribution is -2.56. The highest BCUT2D eigenvalue weighted by Crippen LogP contribution is 2.36. The Hall–Kier alpha value is -4.02. The lowest BCUT2D eigenvalue weighted by atomic mass is 9.77. The van der Waals surface area contributed by atoms with Crippen LogP contribution in [-0.2, 0) is 33.5 Å². The van der Waals surface area contributed by atoms with Crippen LogP contribution in [0.5, 0.6) is 0 Å². The summed E-state index contributed by atoms with van der Waals surface area (Å²) >= 11 is 0. The summed E-state index contributed by atoms with van der Waals surface area (Å²) in [6.07, 6.45) is -1.27. The maximum atomic E-state index is 14.1. The number of carbonyl (C=O) groups excluding carboxylic acids is 2. The van der Waals surface area contributed by atoms with E-state index in [1.807, 2.05) is 42.5 Å². The summed E-state index contributed by atoms with van der Waals surface area (Å²) in [6, 6.07) is 20.0. The van der Waals surface area contributed by atoms with Crippen molar-refractivity contribution in [3.63, 3.8) is 0 Å². The minimum atomic E-state index is -1.17. The molecule has 3 aromatic rings. The highest BCUT2D eigenvalue weighted by atomic mass is 19.1. The van der Waals surface area contributed by atoms with E-state index in [1.54, 1.807) is 25.7 Å². The molecule has 48 heavy (non-hydrogen) atoms. The molecule has 1 heterocycles. The van der Waals surface area contributed by atoms with Crippen molar-refractivity contribution in [2.24, 2.45) is 0 Å². The first-order chi connectivity index (χ1) is 22.5. The van der Waals surface area contributed by atoms with Gasteiger partial charge in [0.05, 0.1) is 12.1 Å². The molecule has 10 heteroatoms. The van der Waals surface area contributed by atoms with Gasteiger partial charge in [-0.2, -0.15) is 0 Å². The number of carbonyl (C=O) groups is 2. The van der Waals surface area contributed by atoms with Crippen LogP contribution in [0.4, 0.5) is 18.4 Å². The molecule has 0 radical (unpaired) electrons. The van der Waals surface area contributed by atoms with Crippen molar-refractivity contribution in [3.05, 3.63) is 107 Å². The number of aliphatic hydroxyl groups is 1. The van der Waals surface area contributed by atoms with Gasteiger partial charge in [-0.25, -0.2) is 18.4 Å². The van der Waals surface area contributed by atoms with Crippen LogP contribution in [0.3, 0.4) is 0 Å². The molecule has 1 fully saturated rings. The third-order valence-corrected chi connectivity index (χ3v) is 8.56. The average molecular weight is 666 g/mol. The van der Waals surface area contributed by atoms with Crippen molar-refractivity contribution >= 4 is 12.2 Å². The molecular weight excluding hydrogens is 616 g/mol. The van der Waals surface area contributed by atoms with Gasteiger partial charge < -0.3 is 30.1 Å². The van der Waals surface area contributed by atoms with Gasteiger partial charge in [0, 0.05) is 31.2 Å². The van der Waals surface area contributed by atoms with Crippen LogP contribution in [-0.4, -0.2) is 59.6 Å². The molecular formula is C38H49F2N3O5. The second kappa shape index (κ2) is 15.5. The van der Waals surface area contributed by atoms with Crippen molar-refractivity contribution in [3.8, 4) is 0 Å². The summed E-state index contributed by atoms with van der Waals surface area (Å²) in [6.45, 7) is 12.6. The molecule has 2 atom stereocenters. The number of amides is 2. The molecule has 2 amide bonds. The number of aliphatic hydroxyl groups excluding tert-OH is 1. The zero-order chi connectivity index (χ0) is 35.1. The Morgan fingerprint density at radius 1 is 0.896 bits per heavy atom. The molecule has 0 aromatic heterocycles. The Kier molecular flexibility index (Phi) is 11.9. The molecule has 3 aromatic carbocycles. The molecule has 3 N–H and O–H groups in total. The monoisotopic (exact) mass is 665 g/mol. The fourth-order valence-electron chi connectivity index (χ4n) is 5.90. The van der Waals surface area contributed by atoms with Crippen LogP contribution in [0.25, 0.3) is 0 Å². The fraction of sp³-hybridized carbons (Fsp3) is 0.474. The van der Waals surface area contributed by atoms with E-state index < -0.39 is 41.0 Å². The van der Waals surface area contributed by atoms with E-state index in [2.05, 4.69) is 43.5 Å². The van der Waals surface area contributed by atoms with E-state index in [4.69, 9.17) is 9.47 Å². The number of likely N-dealkylation sites (tertiary alicyclic amines) is 1. The summed E-state index contributed by atoms with van der Waals surface area (Å²) in [5.41, 5.74) is 1.82. The predicted octanol–water partition coefficient (Wildman–Crippen LogP) is 6.98. The van der Waals surface area contributed by atoms with E-state index in [1.165, 1.54) is 12.1 Å². The largest absolute Gasteiger partial charge is 0.445 e. The van der Waals surface area contributed by atoms with Crippen LogP contribution in [0.2, 0.25) is 0 Å². The summed E-state index contributed by atoms with van der Waals surface area (Å²) in [7, 11) is 0. The first-order valence-corrected chi connectivity index (χ1v) is 16.5. The molecule has 2 unspecified atom stereocenters. The molecule has 8 nitrogen and oxygen atoms in total. The molecule has 1 aliphatic rings. The SMILES string of the molecule is CC(C)(C)OC(=O)NC(Cc1cc(F)cc(F)c1)C(O)CNC1(c2cccc(C(C)(C)C)c2)CCN(C(=O)OCc2ccccc2)CC1. The number of alkyl carbamates (subject to hydrolysis) is 1. The van der Waals surface area contributed by atoms with Gasteiger partial charge in [-0.3, -0.25) is 0 Å². The number of nitrogens with one attached hydrogen (secondary N) is 2. The molecule has 0 bridgehead atoms. The average Bonchev–Trinajstić information content (AvgIpc) is 3.01. The zero-order valence-electron chi connectivity index (χ0n) is 28.8. The number of rotatable bonds is 10. The van der Waals surface area contributed by atoms with Gasteiger partial charge in [-0.15, -0.1) is 0 Å². The lowest BCUT2D eigenvalue weighted by molar-refractivity contribution is 0.0395. The first kappa shape index (κ1) is 36.8. The van der Waals surface area contributed by atoms with E-state index in [0.717, 1.165) is 22.8 Å². The molecule has 1 saturated heterocycles. The quantitative estimate of drug-likeness (QED) is 0.216. The third kappa shape index (κ3) is 10.5. The lowest BCUT2D eigenvalue weighted by Gasteiger charge is -2.44. The van der Waals surface area contributed by atoms with Crippen LogP contribution < -0.4 is 10.6 Å². The number of nitrogens with zero attached hydrogens (tertiary/aromatic N) is 1. The summed E-state index contributed by atoms with van der Waals surface area (Å²) in [5.74, 6) is -1.50. The van der Waals surface area contributed by atoms with Gasteiger partial charge >= 0.3 is 12.2 Å². The molecule has 0 saturated carbocycles. The zero-order valence-corrected chi connectivity index (χ0v) is 28.8. The smallest absolute Gasteiger partial charge is 0.410 e. The number of hydrogen-bond acceptors (Lipinski definition) is 6. The maximum Gasteiger partial charge on any atom is 0.410 e. The third-order valence-electron chi connectivity index (χ3n) is 8.56. The second-order valence-electron chi connectivity index (χ2n) is 14.6. The van der Waals surface area contributed by atoms with Crippen LogP contribution in [0.1, 0.15) is 76.6 Å². The molecule has 0 aliphatic carbocycles. The Labute approximate surface area is 282 Å². The topological polar surface area (TPSA) is 100 Å². The number of benzene rings is 3. The van der Waals surface area contributed by atoms with Crippen molar-refractivity contribution in [1.82, 2.24) is 15.5 Å². The summed E-state index contributed by atoms with van der Waals surface area (Å²) in [5, 5.41) is 17.8. The van der Waals surface area contributed by atoms with Gasteiger partial charge in [-0.05, 0) is 79.8 Å². The van der Waals surface area contributed by atoms with Crippen molar-refractivity contribution in [1.29, 1.82) is 0 Å². The van der Waals surface area contributed by atoms with Crippen LogP contribution in [0, 0.1) is 11.6 Å². The minimum absolute atomic E-state index is 0.0374. The van der Waals surface area contributed by atoms with Gasteiger partial charge in [0.15, 0.2) is 0 Å². The second-order valence-corrected chi connectivity index (χ2v) is 14.6. The van der Waals surface area contributed by atoms with Gasteiger partial charge in [-0.1, -0.05) is 75.4 Å². The van der Waals surface area contributed by atoms with E-state index in [0.29, 0.717) is 25.9 Å². The van der Waals surface area contributed by atoms with Crippen molar-refractivity contribution in [2.45, 2.75) is 96.1 Å². The summed E-state index contributed by atoms with van der Waals surface area (Å²) < 4.78 is 39.2. The number of hydrogen-bond donors (Lipinski definition) is 3. The standard InChI is InChI=1S/C38H49F2N3O5/c1-36(2,3)28-13-10-14-29(22-28)38(15-17-43(18-16-38)35(46)47-25-26-11-8-7-9-12-26)41-24-33(44)32(42-34(45)48-37(4,5)6)21-27-19-30(39)23-31(40)20-27/h7-14,19-20,22-23,32-33,41,44H,15-18,21,24-25H2,1-6H3,(H,42,45). The Balaban J connectivity index is 1.54. The summed E-state index contributed by atoms with van der Waals surface area (Å²) in [4.78, 5) is 27.5. The maximum absolute atomic E-state index is 14.1. The number of halogens is 2. The van der Waals surface area contributed by atoms with Crippen LogP contribution in [0.15, 0.2) is 72.8 Å². The normalized spacial score (nSPS) is 16.1. The first-order valence-electron chi connectivity index (χ1n) is 16.5. The van der Waals surface area contributed by atoms with E-state index >= 15 is 0 Å². The highest BCUT2D eigenvalue weighted by Gasteiger charge is 2.39. The van der Waals surface area contributed by atoms with Gasteiger partial charge in [0.25, 0.3) is 0 Å². The molecule has 1 aliphatic heterocycles. The van der Waals surface area contributed by atoms with Crippen molar-refractivity contribution in [2.75, 3.05) is 19.6 Å². The molecule has 260 valence electrons. The van der Waals surface area contributed by atoms with E-state index in [9.17, 15) is 23.5 Å². The van der Waals surface area contributed by atoms with Crippen molar-refractivity contribution < 1.29 is 33.0 Å². The number of ether oxygens (including phenoxy) is 2. The Morgan fingerprint density at radius 3 is 2.15 bits per heavy atom. The number of piperidine rings is 1. The molecule has 0 spiro atoms.